The minimum absolute atomic E-state index is 0.873. The van der Waals surface area contributed by atoms with E-state index in [1.807, 2.05) is 6.92 Å². The van der Waals surface area contributed by atoms with E-state index in [4.69, 9.17) is 0 Å². The first kappa shape index (κ1) is 15.4. The molecule has 0 amide bonds. The molecule has 1 aromatic carbocycles. The molecular formula is C16H19BrN2S. The molecule has 1 aromatic heterocycles. The van der Waals surface area contributed by atoms with Crippen molar-refractivity contribution >= 4 is 39.2 Å². The van der Waals surface area contributed by atoms with Gasteiger partial charge in [-0.15, -0.1) is 11.8 Å². The number of hydrogen-bond acceptors (Lipinski definition) is 3. The summed E-state index contributed by atoms with van der Waals surface area (Å²) < 4.78 is 0.994. The minimum atomic E-state index is 0.873. The van der Waals surface area contributed by atoms with Gasteiger partial charge in [0.15, 0.2) is 0 Å². The van der Waals surface area contributed by atoms with Gasteiger partial charge in [0.05, 0.1) is 4.47 Å². The molecule has 0 radical (unpaired) electrons. The van der Waals surface area contributed by atoms with Crippen molar-refractivity contribution in [2.75, 3.05) is 11.6 Å². The van der Waals surface area contributed by atoms with Crippen LogP contribution in [0.25, 0.3) is 0 Å². The molecule has 2 rings (SSSR count). The minimum Gasteiger partial charge on any atom is -0.339 e. The van der Waals surface area contributed by atoms with Gasteiger partial charge in [-0.3, -0.25) is 0 Å². The van der Waals surface area contributed by atoms with E-state index in [1.54, 1.807) is 11.8 Å². The summed E-state index contributed by atoms with van der Waals surface area (Å²) in [5.41, 5.74) is 5.88. The molecule has 2 aromatic rings. The van der Waals surface area contributed by atoms with Crippen LogP contribution in [-0.2, 0) is 0 Å². The molecule has 4 heteroatoms. The second kappa shape index (κ2) is 6.19. The van der Waals surface area contributed by atoms with E-state index in [9.17, 15) is 0 Å². The van der Waals surface area contributed by atoms with Gasteiger partial charge in [0.25, 0.3) is 0 Å². The summed E-state index contributed by atoms with van der Waals surface area (Å²) in [5, 5.41) is 3.48. The molecule has 0 saturated heterocycles. The molecule has 0 spiro atoms. The topological polar surface area (TPSA) is 24.9 Å². The monoisotopic (exact) mass is 350 g/mol. The van der Waals surface area contributed by atoms with E-state index >= 15 is 0 Å². The number of anilines is 2. The third-order valence-electron chi connectivity index (χ3n) is 3.51. The average molecular weight is 351 g/mol. The molecule has 0 unspecified atom stereocenters. The lowest BCUT2D eigenvalue weighted by molar-refractivity contribution is 1.13. The van der Waals surface area contributed by atoms with Gasteiger partial charge in [0.2, 0.25) is 0 Å². The molecule has 0 atom stereocenters. The number of benzene rings is 1. The van der Waals surface area contributed by atoms with Gasteiger partial charge < -0.3 is 5.32 Å². The summed E-state index contributed by atoms with van der Waals surface area (Å²) in [6, 6.07) is 6.42. The molecule has 0 aliphatic rings. The first-order chi connectivity index (χ1) is 9.43. The SMILES string of the molecule is CSc1ccc(C)c(Nc2nc(C)c(C)cc2Br)c1C. The summed E-state index contributed by atoms with van der Waals surface area (Å²) in [5.74, 6) is 0.873. The van der Waals surface area contributed by atoms with Crippen molar-refractivity contribution in [3.63, 3.8) is 0 Å². The smallest absolute Gasteiger partial charge is 0.145 e. The molecule has 2 nitrogen and oxygen atoms in total. The maximum atomic E-state index is 4.64. The number of nitrogens with one attached hydrogen (secondary N) is 1. The van der Waals surface area contributed by atoms with Gasteiger partial charge in [-0.25, -0.2) is 4.98 Å². The Morgan fingerprint density at radius 3 is 2.45 bits per heavy atom. The van der Waals surface area contributed by atoms with Crippen molar-refractivity contribution in [3.8, 4) is 0 Å². The second-order valence-electron chi connectivity index (χ2n) is 4.93. The van der Waals surface area contributed by atoms with Gasteiger partial charge in [-0.1, -0.05) is 6.07 Å². The summed E-state index contributed by atoms with van der Waals surface area (Å²) in [7, 11) is 0. The highest BCUT2D eigenvalue weighted by Gasteiger charge is 2.11. The van der Waals surface area contributed by atoms with E-state index in [2.05, 4.69) is 71.5 Å². The largest absolute Gasteiger partial charge is 0.339 e. The Hall–Kier alpha value is -1.00. The summed E-state index contributed by atoms with van der Waals surface area (Å²) in [6.45, 7) is 8.37. The zero-order valence-electron chi connectivity index (χ0n) is 12.5. The van der Waals surface area contributed by atoms with E-state index < -0.39 is 0 Å². The van der Waals surface area contributed by atoms with Gasteiger partial charge in [-0.2, -0.15) is 0 Å². The van der Waals surface area contributed by atoms with E-state index in [1.165, 1.54) is 21.6 Å². The molecule has 0 bridgehead atoms. The molecule has 0 saturated carbocycles. The van der Waals surface area contributed by atoms with Crippen LogP contribution in [0.1, 0.15) is 22.4 Å². The number of aryl methyl sites for hydroxylation is 3. The Balaban J connectivity index is 2.47. The lowest BCUT2D eigenvalue weighted by Crippen LogP contribution is -2.02. The molecule has 1 heterocycles. The van der Waals surface area contributed by atoms with Crippen LogP contribution >= 0.6 is 27.7 Å². The second-order valence-corrected chi connectivity index (χ2v) is 6.63. The average Bonchev–Trinajstić information content (AvgIpc) is 2.40. The number of pyridine rings is 1. The summed E-state index contributed by atoms with van der Waals surface area (Å²) >= 11 is 5.36. The fourth-order valence-corrected chi connectivity index (χ4v) is 3.26. The molecule has 1 N–H and O–H groups in total. The normalized spacial score (nSPS) is 10.7. The van der Waals surface area contributed by atoms with Crippen LogP contribution in [0.2, 0.25) is 0 Å². The van der Waals surface area contributed by atoms with Crippen LogP contribution in [0, 0.1) is 27.7 Å². The Labute approximate surface area is 133 Å². The number of rotatable bonds is 3. The number of thioether (sulfide) groups is 1. The Bertz CT molecular complexity index is 653. The molecule has 0 aliphatic carbocycles. The maximum absolute atomic E-state index is 4.64. The molecule has 20 heavy (non-hydrogen) atoms. The third kappa shape index (κ3) is 3.01. The predicted octanol–water partition coefficient (Wildman–Crippen LogP) is 5.54. The van der Waals surface area contributed by atoms with Crippen LogP contribution in [-0.4, -0.2) is 11.2 Å². The van der Waals surface area contributed by atoms with Crippen molar-refractivity contribution in [2.45, 2.75) is 32.6 Å². The van der Waals surface area contributed by atoms with Gasteiger partial charge >= 0.3 is 0 Å². The Kier molecular flexibility index (Phi) is 4.76. The van der Waals surface area contributed by atoms with Crippen molar-refractivity contribution in [2.24, 2.45) is 0 Å². The first-order valence-corrected chi connectivity index (χ1v) is 8.50. The van der Waals surface area contributed by atoms with Gasteiger partial charge in [0.1, 0.15) is 5.82 Å². The standard InChI is InChI=1S/C16H19BrN2S/c1-9-6-7-14(20-5)11(3)15(9)19-16-13(17)8-10(2)12(4)18-16/h6-8H,1-5H3,(H,18,19). The predicted molar refractivity (Wildman–Crippen MR) is 92.4 cm³/mol. The molecular weight excluding hydrogens is 332 g/mol. The lowest BCUT2D eigenvalue weighted by atomic mass is 10.1. The van der Waals surface area contributed by atoms with Crippen LogP contribution in [0.15, 0.2) is 27.6 Å². The Morgan fingerprint density at radius 2 is 1.80 bits per heavy atom. The Morgan fingerprint density at radius 1 is 1.10 bits per heavy atom. The number of halogens is 1. The number of hydrogen-bond donors (Lipinski definition) is 1. The summed E-state index contributed by atoms with van der Waals surface area (Å²) in [6.07, 6.45) is 2.10. The van der Waals surface area contributed by atoms with Crippen molar-refractivity contribution < 1.29 is 0 Å². The fourth-order valence-electron chi connectivity index (χ4n) is 2.12. The van der Waals surface area contributed by atoms with Gasteiger partial charge in [-0.05, 0) is 78.7 Å². The van der Waals surface area contributed by atoms with Crippen molar-refractivity contribution in [1.29, 1.82) is 0 Å². The van der Waals surface area contributed by atoms with Crippen molar-refractivity contribution in [1.82, 2.24) is 4.98 Å². The van der Waals surface area contributed by atoms with Crippen LogP contribution in [0.4, 0.5) is 11.5 Å². The van der Waals surface area contributed by atoms with E-state index in [0.717, 1.165) is 21.7 Å². The van der Waals surface area contributed by atoms with E-state index in [0.29, 0.717) is 0 Å². The highest BCUT2D eigenvalue weighted by atomic mass is 79.9. The summed E-state index contributed by atoms with van der Waals surface area (Å²) in [4.78, 5) is 5.93. The van der Waals surface area contributed by atoms with E-state index in [-0.39, 0.29) is 0 Å². The quantitative estimate of drug-likeness (QED) is 0.735. The zero-order chi connectivity index (χ0) is 14.9. The number of nitrogens with zero attached hydrogens (tertiary/aromatic N) is 1. The first-order valence-electron chi connectivity index (χ1n) is 6.49. The molecule has 0 aliphatic heterocycles. The van der Waals surface area contributed by atoms with Crippen LogP contribution in [0.3, 0.4) is 0 Å². The highest BCUT2D eigenvalue weighted by Crippen LogP contribution is 2.33. The molecule has 106 valence electrons. The lowest BCUT2D eigenvalue weighted by Gasteiger charge is -2.16. The fraction of sp³-hybridized carbons (Fsp3) is 0.312. The van der Waals surface area contributed by atoms with Crippen LogP contribution < -0.4 is 5.32 Å². The highest BCUT2D eigenvalue weighted by molar-refractivity contribution is 9.10. The zero-order valence-corrected chi connectivity index (χ0v) is 14.9. The third-order valence-corrected chi connectivity index (χ3v) is 4.99. The van der Waals surface area contributed by atoms with Gasteiger partial charge in [0, 0.05) is 16.3 Å². The number of aromatic nitrogens is 1. The molecule has 0 fully saturated rings. The maximum Gasteiger partial charge on any atom is 0.145 e. The van der Waals surface area contributed by atoms with Crippen LogP contribution in [0.5, 0.6) is 0 Å². The van der Waals surface area contributed by atoms with Crippen molar-refractivity contribution in [3.05, 3.63) is 45.1 Å².